The van der Waals surface area contributed by atoms with E-state index in [0.29, 0.717) is 30.1 Å². The van der Waals surface area contributed by atoms with E-state index in [9.17, 15) is 9.46 Å². The third-order valence-corrected chi connectivity index (χ3v) is 10.1. The molecule has 0 aliphatic heterocycles. The van der Waals surface area contributed by atoms with Gasteiger partial charge in [-0.2, -0.15) is 0 Å². The van der Waals surface area contributed by atoms with Gasteiger partial charge >= 0.3 is 7.60 Å². The van der Waals surface area contributed by atoms with Crippen LogP contribution >= 0.6 is 7.60 Å². The normalized spacial score (nSPS) is 13.9. The van der Waals surface area contributed by atoms with Crippen LogP contribution in [0.5, 0.6) is 0 Å². The van der Waals surface area contributed by atoms with Crippen molar-refractivity contribution in [1.29, 1.82) is 0 Å². The fourth-order valence-corrected chi connectivity index (χ4v) is 6.53. The summed E-state index contributed by atoms with van der Waals surface area (Å²) in [7, 11) is -5.12. The molecule has 2 atom stereocenters. The molecule has 0 radical (unpaired) electrons. The Labute approximate surface area is 257 Å². The van der Waals surface area contributed by atoms with E-state index in [2.05, 4.69) is 70.7 Å². The van der Waals surface area contributed by atoms with Crippen LogP contribution in [0, 0.1) is 11.8 Å². The lowest BCUT2D eigenvalue weighted by Crippen LogP contribution is -2.37. The van der Waals surface area contributed by atoms with Crippen molar-refractivity contribution >= 4 is 37.8 Å². The number of fused-ring (bicyclic) bond motifs is 1. The van der Waals surface area contributed by atoms with E-state index in [1.165, 1.54) is 37.2 Å². The van der Waals surface area contributed by atoms with Gasteiger partial charge in [-0.15, -0.1) is 0 Å². The molecule has 236 valence electrons. The maximum absolute atomic E-state index is 12.3. The SMILES string of the molecule is C[C@H](Cn1cnc2c(N)ncnc21)OCP(=O)(O)OCCOCCCCCCCCCC#Cc1ccc([Si](C)(C)C)cc1. The van der Waals surface area contributed by atoms with Crippen LogP contribution in [0.1, 0.15) is 63.9 Å². The zero-order valence-corrected chi connectivity index (χ0v) is 28.0. The number of nitrogens with zero attached hydrogens (tertiary/aromatic N) is 4. The number of benzene rings is 1. The Morgan fingerprint density at radius 3 is 2.40 bits per heavy atom. The second-order valence-corrected chi connectivity index (χ2v) is 18.7. The van der Waals surface area contributed by atoms with Crippen molar-refractivity contribution in [3.63, 3.8) is 0 Å². The highest BCUT2D eigenvalue weighted by Gasteiger charge is 2.22. The topological polar surface area (TPSA) is 135 Å². The summed E-state index contributed by atoms with van der Waals surface area (Å²) in [6, 6.07) is 8.78. The molecule has 0 fully saturated rings. The summed E-state index contributed by atoms with van der Waals surface area (Å²) in [6.07, 6.45) is 11.2. The predicted molar refractivity (Wildman–Crippen MR) is 175 cm³/mol. The van der Waals surface area contributed by atoms with Gasteiger partial charge in [0.05, 0.1) is 40.3 Å². The highest BCUT2D eigenvalue weighted by molar-refractivity contribution is 7.52. The first-order valence-corrected chi connectivity index (χ1v) is 20.5. The van der Waals surface area contributed by atoms with Crippen LogP contribution in [0.15, 0.2) is 36.9 Å². The lowest BCUT2D eigenvalue weighted by atomic mass is 10.1. The van der Waals surface area contributed by atoms with Crippen molar-refractivity contribution in [3.05, 3.63) is 42.5 Å². The van der Waals surface area contributed by atoms with Crippen molar-refractivity contribution in [2.45, 2.75) is 90.6 Å². The molecule has 3 aromatic rings. The molecule has 0 saturated carbocycles. The lowest BCUT2D eigenvalue weighted by Gasteiger charge is -2.17. The third kappa shape index (κ3) is 12.9. The number of hydrogen-bond donors (Lipinski definition) is 2. The number of aromatic nitrogens is 4. The van der Waals surface area contributed by atoms with Crippen molar-refractivity contribution in [2.75, 3.05) is 31.9 Å². The number of nitrogens with two attached hydrogens (primary N) is 1. The zero-order valence-electron chi connectivity index (χ0n) is 26.1. The number of hydrogen-bond acceptors (Lipinski definition) is 8. The largest absolute Gasteiger partial charge is 0.382 e. The minimum absolute atomic E-state index is 0.0422. The Bertz CT molecular complexity index is 1370. The molecule has 2 heterocycles. The van der Waals surface area contributed by atoms with E-state index in [0.717, 1.165) is 31.2 Å². The summed E-state index contributed by atoms with van der Waals surface area (Å²) >= 11 is 0. The van der Waals surface area contributed by atoms with Crippen molar-refractivity contribution in [3.8, 4) is 11.8 Å². The number of imidazole rings is 1. The monoisotopic (exact) mass is 629 g/mol. The lowest BCUT2D eigenvalue weighted by molar-refractivity contribution is 0.0610. The van der Waals surface area contributed by atoms with Crippen molar-refractivity contribution in [1.82, 2.24) is 19.5 Å². The van der Waals surface area contributed by atoms with Gasteiger partial charge < -0.3 is 29.2 Å². The van der Waals surface area contributed by atoms with Crippen LogP contribution in [0.4, 0.5) is 5.82 Å². The minimum Gasteiger partial charge on any atom is -0.382 e. The number of ether oxygens (including phenoxy) is 2. The Kier molecular flexibility index (Phi) is 14.3. The maximum Gasteiger partial charge on any atom is 0.353 e. The molecule has 1 unspecified atom stereocenters. The summed E-state index contributed by atoms with van der Waals surface area (Å²) < 4.78 is 30.3. The number of rotatable bonds is 19. The van der Waals surface area contributed by atoms with Crippen LogP contribution in [-0.4, -0.2) is 64.8 Å². The van der Waals surface area contributed by atoms with Crippen LogP contribution < -0.4 is 10.9 Å². The molecule has 12 heteroatoms. The Hall–Kier alpha value is -2.58. The van der Waals surface area contributed by atoms with E-state index in [-0.39, 0.29) is 19.3 Å². The molecule has 0 saturated heterocycles. The van der Waals surface area contributed by atoms with Gasteiger partial charge in [0, 0.05) is 18.6 Å². The summed E-state index contributed by atoms with van der Waals surface area (Å²) in [4.78, 5) is 22.4. The highest BCUT2D eigenvalue weighted by Crippen LogP contribution is 2.41. The van der Waals surface area contributed by atoms with Gasteiger partial charge in [-0.25, -0.2) is 15.0 Å². The van der Waals surface area contributed by atoms with Crippen molar-refractivity contribution in [2.24, 2.45) is 0 Å². The van der Waals surface area contributed by atoms with Gasteiger partial charge in [0.1, 0.15) is 18.2 Å². The van der Waals surface area contributed by atoms with Crippen molar-refractivity contribution < 1.29 is 23.5 Å². The summed E-state index contributed by atoms with van der Waals surface area (Å²) in [5.41, 5.74) is 8.01. The van der Waals surface area contributed by atoms with Crippen LogP contribution in [-0.2, 0) is 25.1 Å². The van der Waals surface area contributed by atoms with E-state index in [1.54, 1.807) is 17.8 Å². The van der Waals surface area contributed by atoms with Crippen LogP contribution in [0.25, 0.3) is 11.2 Å². The first-order chi connectivity index (χ1) is 20.5. The number of unbranched alkanes of at least 4 members (excludes halogenated alkanes) is 7. The average Bonchev–Trinajstić information content (AvgIpc) is 3.37. The number of nitrogen functional groups attached to an aromatic ring is 1. The van der Waals surface area contributed by atoms with Gasteiger partial charge in [0.15, 0.2) is 11.5 Å². The fourth-order valence-electron chi connectivity index (χ4n) is 4.48. The Morgan fingerprint density at radius 1 is 0.977 bits per heavy atom. The highest BCUT2D eigenvalue weighted by atomic mass is 31.2. The van der Waals surface area contributed by atoms with Gasteiger partial charge in [-0.1, -0.05) is 80.9 Å². The molecular weight excluding hydrogens is 581 g/mol. The molecule has 1 aromatic carbocycles. The molecule has 43 heavy (non-hydrogen) atoms. The molecule has 3 rings (SSSR count). The van der Waals surface area contributed by atoms with Gasteiger partial charge in [-0.3, -0.25) is 4.57 Å². The summed E-state index contributed by atoms with van der Waals surface area (Å²) in [6.45, 7) is 10.2. The van der Waals surface area contributed by atoms with E-state index in [1.807, 2.05) is 0 Å². The van der Waals surface area contributed by atoms with Crippen LogP contribution in [0.2, 0.25) is 19.6 Å². The van der Waals surface area contributed by atoms with Crippen LogP contribution in [0.3, 0.4) is 0 Å². The predicted octanol–water partition coefficient (Wildman–Crippen LogP) is 5.71. The maximum atomic E-state index is 12.3. The first kappa shape index (κ1) is 34.9. The van der Waals surface area contributed by atoms with Gasteiger partial charge in [-0.05, 0) is 31.9 Å². The standard InChI is InChI=1S/C31H48N5O5PSi/c1-26(22-36-24-35-29-30(32)33-23-34-31(29)36)40-25-42(37,38)41-21-20-39-19-13-11-9-7-5-6-8-10-12-14-27-15-17-28(18-16-27)43(2,3)4/h15-18,23-24,26H,5-11,13,19-22,25H2,1-4H3,(H,37,38)(H2,32,33,34)/t26-/m1/s1. The Balaban J connectivity index is 1.13. The fraction of sp³-hybridized carbons (Fsp3) is 0.581. The van der Waals surface area contributed by atoms with E-state index in [4.69, 9.17) is 19.7 Å². The second kappa shape index (κ2) is 17.6. The smallest absolute Gasteiger partial charge is 0.353 e. The first-order valence-electron chi connectivity index (χ1n) is 15.2. The van der Waals surface area contributed by atoms with E-state index < -0.39 is 22.0 Å². The van der Waals surface area contributed by atoms with Gasteiger partial charge in [0.2, 0.25) is 0 Å². The zero-order chi connectivity index (χ0) is 31.1. The second-order valence-electron chi connectivity index (χ2n) is 11.9. The average molecular weight is 630 g/mol. The molecule has 0 amide bonds. The van der Waals surface area contributed by atoms with Gasteiger partial charge in [0.25, 0.3) is 0 Å². The molecule has 0 aliphatic rings. The summed E-state index contributed by atoms with van der Waals surface area (Å²) in [5, 5.41) is 1.47. The Morgan fingerprint density at radius 2 is 1.67 bits per heavy atom. The molecule has 0 spiro atoms. The minimum atomic E-state index is -3.88. The molecule has 0 aliphatic carbocycles. The quantitative estimate of drug-likeness (QED) is 0.0740. The summed E-state index contributed by atoms with van der Waals surface area (Å²) in [5.74, 6) is 6.91. The number of anilines is 1. The molecule has 2 aromatic heterocycles. The molecule has 10 nitrogen and oxygen atoms in total. The molecule has 0 bridgehead atoms. The molecule has 3 N–H and O–H groups in total. The van der Waals surface area contributed by atoms with E-state index >= 15 is 0 Å². The molecular formula is C31H48N5O5PSi. The third-order valence-electron chi connectivity index (χ3n) is 7.00.